The van der Waals surface area contributed by atoms with Gasteiger partial charge in [0.1, 0.15) is 24.2 Å². The predicted molar refractivity (Wildman–Crippen MR) is 123 cm³/mol. The van der Waals surface area contributed by atoms with E-state index in [-0.39, 0.29) is 37.0 Å². The van der Waals surface area contributed by atoms with E-state index in [1.807, 2.05) is 12.1 Å². The molecular weight excluding hydrogens is 456 g/mol. The van der Waals surface area contributed by atoms with Crippen LogP contribution in [-0.4, -0.2) is 70.8 Å². The van der Waals surface area contributed by atoms with E-state index in [0.717, 1.165) is 5.69 Å². The van der Waals surface area contributed by atoms with Crippen LogP contribution in [0.3, 0.4) is 0 Å². The second kappa shape index (κ2) is 10.1. The van der Waals surface area contributed by atoms with E-state index >= 15 is 0 Å². The van der Waals surface area contributed by atoms with Crippen LogP contribution < -0.4 is 20.3 Å². The number of methoxy groups -OCH3 is 1. The molecule has 4 heterocycles. The van der Waals surface area contributed by atoms with Gasteiger partial charge in [0, 0.05) is 12.6 Å². The smallest absolute Gasteiger partial charge is 0.269 e. The molecule has 11 heteroatoms. The number of rotatable bonds is 7. The van der Waals surface area contributed by atoms with Gasteiger partial charge in [0.05, 0.1) is 67.9 Å². The predicted octanol–water partition coefficient (Wildman–Crippen LogP) is 0.196. The van der Waals surface area contributed by atoms with Gasteiger partial charge in [-0.15, -0.1) is 0 Å². The van der Waals surface area contributed by atoms with Gasteiger partial charge in [-0.05, 0) is 24.3 Å². The zero-order valence-electron chi connectivity index (χ0n) is 19.2. The van der Waals surface area contributed by atoms with E-state index in [1.54, 1.807) is 25.3 Å². The lowest BCUT2D eigenvalue weighted by molar-refractivity contribution is -0.233. The van der Waals surface area contributed by atoms with Crippen LogP contribution in [0.15, 0.2) is 41.3 Å². The summed E-state index contributed by atoms with van der Waals surface area (Å²) in [6.45, 7) is 1.17. The van der Waals surface area contributed by atoms with Crippen LogP contribution in [0, 0.1) is 0 Å². The lowest BCUT2D eigenvalue weighted by Gasteiger charge is -2.32. The lowest BCUT2D eigenvalue weighted by atomic mass is 10.1. The summed E-state index contributed by atoms with van der Waals surface area (Å²) in [6, 6.07) is 8.78. The monoisotopic (exact) mass is 482 g/mol. The minimum absolute atomic E-state index is 0.00922. The number of fused-ring (bicyclic) bond motifs is 2. The normalized spacial score (nSPS) is 20.8. The SMILES string of the molecule is COc1ccc2ncc(=O)n(CC(O)C3OCC(NCc4ccc5c(n4)CC(=O)CO5)CO3)c2c1. The molecule has 184 valence electrons. The van der Waals surface area contributed by atoms with Crippen molar-refractivity contribution in [3.8, 4) is 11.5 Å². The van der Waals surface area contributed by atoms with Crippen molar-refractivity contribution in [2.75, 3.05) is 26.9 Å². The van der Waals surface area contributed by atoms with Crippen LogP contribution in [0.4, 0.5) is 0 Å². The van der Waals surface area contributed by atoms with Gasteiger partial charge < -0.3 is 33.9 Å². The van der Waals surface area contributed by atoms with Crippen LogP contribution in [0.1, 0.15) is 11.4 Å². The summed E-state index contributed by atoms with van der Waals surface area (Å²) in [6.07, 6.45) is -0.439. The Bertz CT molecular complexity index is 1290. The van der Waals surface area contributed by atoms with Gasteiger partial charge in [-0.1, -0.05) is 0 Å². The number of hydrogen-bond acceptors (Lipinski definition) is 10. The summed E-state index contributed by atoms with van der Waals surface area (Å²) in [5, 5.41) is 14.0. The number of hydrogen-bond donors (Lipinski definition) is 2. The van der Waals surface area contributed by atoms with Gasteiger partial charge in [-0.2, -0.15) is 0 Å². The van der Waals surface area contributed by atoms with Crippen LogP contribution in [0.25, 0.3) is 11.0 Å². The molecule has 2 aliphatic rings. The highest BCUT2D eigenvalue weighted by atomic mass is 16.7. The van der Waals surface area contributed by atoms with Crippen molar-refractivity contribution < 1.29 is 28.8 Å². The molecule has 2 N–H and O–H groups in total. The Balaban J connectivity index is 1.17. The van der Waals surface area contributed by atoms with Crippen molar-refractivity contribution in [2.45, 2.75) is 37.9 Å². The van der Waals surface area contributed by atoms with Crippen molar-refractivity contribution in [1.82, 2.24) is 19.9 Å². The van der Waals surface area contributed by atoms with Gasteiger partial charge >= 0.3 is 0 Å². The number of aliphatic hydroxyl groups excluding tert-OH is 1. The highest BCUT2D eigenvalue weighted by Crippen LogP contribution is 2.22. The summed E-state index contributed by atoms with van der Waals surface area (Å²) >= 11 is 0. The zero-order valence-corrected chi connectivity index (χ0v) is 19.2. The van der Waals surface area contributed by atoms with Gasteiger partial charge in [-0.3, -0.25) is 14.6 Å². The van der Waals surface area contributed by atoms with Gasteiger partial charge in [0.15, 0.2) is 12.1 Å². The van der Waals surface area contributed by atoms with E-state index in [9.17, 15) is 14.7 Å². The molecule has 0 saturated carbocycles. The molecule has 0 spiro atoms. The van der Waals surface area contributed by atoms with Gasteiger partial charge in [-0.25, -0.2) is 4.98 Å². The first-order valence-electron chi connectivity index (χ1n) is 11.3. The highest BCUT2D eigenvalue weighted by Gasteiger charge is 2.29. The Morgan fingerprint density at radius 3 is 2.86 bits per heavy atom. The molecule has 35 heavy (non-hydrogen) atoms. The number of ketones is 1. The molecule has 1 unspecified atom stereocenters. The molecule has 2 aromatic heterocycles. The molecule has 0 aliphatic carbocycles. The molecule has 11 nitrogen and oxygen atoms in total. The number of carbonyl (C=O) groups excluding carboxylic acids is 1. The molecule has 5 rings (SSSR count). The second-order valence-electron chi connectivity index (χ2n) is 8.49. The maximum absolute atomic E-state index is 12.5. The number of aromatic nitrogens is 3. The minimum atomic E-state index is -1.06. The van der Waals surface area contributed by atoms with Gasteiger partial charge in [0.25, 0.3) is 5.56 Å². The van der Waals surface area contributed by atoms with Crippen LogP contribution in [-0.2, 0) is 33.8 Å². The fourth-order valence-electron chi connectivity index (χ4n) is 4.12. The fraction of sp³-hybridized carbons (Fsp3) is 0.417. The Morgan fingerprint density at radius 2 is 2.06 bits per heavy atom. The maximum atomic E-state index is 12.5. The number of pyridine rings is 1. The van der Waals surface area contributed by atoms with Crippen molar-refractivity contribution in [1.29, 1.82) is 0 Å². The first kappa shape index (κ1) is 23.4. The number of aliphatic hydroxyl groups is 1. The van der Waals surface area contributed by atoms with E-state index < -0.39 is 12.4 Å². The standard InChI is InChI=1S/C24H26N4O7/c1-32-17-3-4-18-20(7-17)28(23(31)9-26-18)10-21(30)24-34-11-15(12-35-24)25-8-14-2-5-22-19(27-14)6-16(29)13-33-22/h2-5,7,9,15,21,24-25,30H,6,8,10-13H2,1H3. The number of Topliss-reactive ketones (excluding diaryl/α,β-unsaturated/α-hetero) is 1. The quantitative estimate of drug-likeness (QED) is 0.481. The third kappa shape index (κ3) is 5.17. The van der Waals surface area contributed by atoms with E-state index in [2.05, 4.69) is 15.3 Å². The molecule has 1 saturated heterocycles. The summed E-state index contributed by atoms with van der Waals surface area (Å²) in [5.74, 6) is 1.24. The summed E-state index contributed by atoms with van der Waals surface area (Å²) in [4.78, 5) is 32.7. The molecule has 1 fully saturated rings. The highest BCUT2D eigenvalue weighted by molar-refractivity contribution is 5.84. The van der Waals surface area contributed by atoms with Crippen molar-refractivity contribution in [2.24, 2.45) is 0 Å². The number of ether oxygens (including phenoxy) is 4. The average Bonchev–Trinajstić information content (AvgIpc) is 2.88. The second-order valence-corrected chi connectivity index (χ2v) is 8.49. The molecule has 1 atom stereocenters. The summed E-state index contributed by atoms with van der Waals surface area (Å²) in [5.41, 5.74) is 2.25. The van der Waals surface area contributed by atoms with Crippen molar-refractivity contribution in [3.63, 3.8) is 0 Å². The fourth-order valence-corrected chi connectivity index (χ4v) is 4.12. The molecule has 3 aromatic rings. The number of nitrogens with one attached hydrogen (secondary N) is 1. The first-order valence-corrected chi connectivity index (χ1v) is 11.3. The lowest BCUT2D eigenvalue weighted by Crippen LogP contribution is -2.49. The molecule has 1 aromatic carbocycles. The first-order chi connectivity index (χ1) is 17.0. The average molecular weight is 482 g/mol. The zero-order chi connectivity index (χ0) is 24.4. The number of carbonyl (C=O) groups is 1. The molecule has 0 radical (unpaired) electrons. The van der Waals surface area contributed by atoms with Crippen LogP contribution in [0.2, 0.25) is 0 Å². The van der Waals surface area contributed by atoms with E-state index in [0.29, 0.717) is 48.0 Å². The van der Waals surface area contributed by atoms with E-state index in [4.69, 9.17) is 18.9 Å². The topological polar surface area (TPSA) is 134 Å². The van der Waals surface area contributed by atoms with Crippen molar-refractivity contribution >= 4 is 16.8 Å². The summed E-state index contributed by atoms with van der Waals surface area (Å²) < 4.78 is 23.5. The number of benzene rings is 1. The Labute approximate surface area is 200 Å². The van der Waals surface area contributed by atoms with Crippen molar-refractivity contribution in [3.05, 3.63) is 58.3 Å². The molecule has 2 aliphatic heterocycles. The van der Waals surface area contributed by atoms with E-state index in [1.165, 1.54) is 10.8 Å². The third-order valence-electron chi connectivity index (χ3n) is 5.98. The minimum Gasteiger partial charge on any atom is -0.497 e. The molecular formula is C24H26N4O7. The number of nitrogens with zero attached hydrogens (tertiary/aromatic N) is 3. The largest absolute Gasteiger partial charge is 0.497 e. The molecule has 0 amide bonds. The Hall–Kier alpha value is -3.38. The molecule has 0 bridgehead atoms. The third-order valence-corrected chi connectivity index (χ3v) is 5.98. The Morgan fingerprint density at radius 1 is 1.23 bits per heavy atom. The van der Waals surface area contributed by atoms with Crippen LogP contribution >= 0.6 is 0 Å². The van der Waals surface area contributed by atoms with Crippen LogP contribution in [0.5, 0.6) is 11.5 Å². The maximum Gasteiger partial charge on any atom is 0.269 e. The van der Waals surface area contributed by atoms with Gasteiger partial charge in [0.2, 0.25) is 0 Å². The Kier molecular flexibility index (Phi) is 6.73. The summed E-state index contributed by atoms with van der Waals surface area (Å²) in [7, 11) is 1.54.